The second kappa shape index (κ2) is 8.13. The Balaban J connectivity index is 1.40. The fourth-order valence-electron chi connectivity index (χ4n) is 3.86. The van der Waals surface area contributed by atoms with Crippen LogP contribution in [0.15, 0.2) is 35.3 Å². The van der Waals surface area contributed by atoms with Gasteiger partial charge in [-0.3, -0.25) is 19.9 Å². The van der Waals surface area contributed by atoms with Crippen molar-refractivity contribution in [1.29, 1.82) is 0 Å². The summed E-state index contributed by atoms with van der Waals surface area (Å²) >= 11 is 0. The third-order valence-electron chi connectivity index (χ3n) is 6.20. The average Bonchev–Trinajstić information content (AvgIpc) is 3.70. The van der Waals surface area contributed by atoms with Crippen LogP contribution in [0.3, 0.4) is 0 Å². The molecule has 2 aromatic rings. The zero-order chi connectivity index (χ0) is 23.2. The highest BCUT2D eigenvalue weighted by atomic mass is 19.1. The molecule has 7 nitrogen and oxygen atoms in total. The van der Waals surface area contributed by atoms with Gasteiger partial charge >= 0.3 is 0 Å². The topological polar surface area (TPSA) is 94.6 Å². The fraction of sp³-hybridized carbons (Fsp3) is 0.375. The smallest absolute Gasteiger partial charge is 0.257 e. The third kappa shape index (κ3) is 4.67. The van der Waals surface area contributed by atoms with Gasteiger partial charge in [0.1, 0.15) is 5.82 Å². The lowest BCUT2D eigenvalue weighted by Gasteiger charge is -2.17. The molecule has 5 rings (SSSR count). The van der Waals surface area contributed by atoms with E-state index in [2.05, 4.69) is 26.3 Å². The van der Waals surface area contributed by atoms with E-state index in [9.17, 15) is 14.0 Å². The van der Waals surface area contributed by atoms with E-state index in [1.807, 2.05) is 6.92 Å². The first-order valence-electron chi connectivity index (χ1n) is 11.1. The quantitative estimate of drug-likeness (QED) is 0.538. The van der Waals surface area contributed by atoms with E-state index in [0.29, 0.717) is 30.3 Å². The van der Waals surface area contributed by atoms with Crippen LogP contribution in [0.25, 0.3) is 0 Å². The first-order chi connectivity index (χ1) is 15.8. The maximum Gasteiger partial charge on any atom is 0.257 e. The number of nitrogens with one attached hydrogen (secondary N) is 4. The minimum atomic E-state index is -0.813. The number of anilines is 2. The number of guanidine groups is 1. The van der Waals surface area contributed by atoms with Gasteiger partial charge in [0.15, 0.2) is 11.8 Å². The number of rotatable bonds is 6. The highest BCUT2D eigenvalue weighted by Crippen LogP contribution is 2.44. The SMILES string of the molecule is CC1(NC(=O)c2cc(F)cc(Nc3ccc(C(=O)NC4=NCCN4)cc3C3CC3)c2F)CC1. The lowest BCUT2D eigenvalue weighted by atomic mass is 10.0. The number of aliphatic imine (C=N–C) groups is 1. The van der Waals surface area contributed by atoms with Crippen molar-refractivity contribution in [2.45, 2.75) is 44.1 Å². The van der Waals surface area contributed by atoms with Crippen LogP contribution in [0.1, 0.15) is 64.8 Å². The van der Waals surface area contributed by atoms with Crippen LogP contribution in [-0.4, -0.2) is 36.4 Å². The first-order valence-corrected chi connectivity index (χ1v) is 11.1. The lowest BCUT2D eigenvalue weighted by molar-refractivity contribution is 0.0929. The number of carbonyl (C=O) groups is 2. The molecule has 0 aromatic heterocycles. The molecule has 0 spiro atoms. The van der Waals surface area contributed by atoms with Gasteiger partial charge in [-0.2, -0.15) is 0 Å². The number of hydrogen-bond acceptors (Lipinski definition) is 5. The van der Waals surface area contributed by atoms with E-state index >= 15 is 4.39 Å². The maximum atomic E-state index is 15.2. The van der Waals surface area contributed by atoms with Gasteiger partial charge in [0.05, 0.1) is 17.8 Å². The molecule has 9 heteroatoms. The summed E-state index contributed by atoms with van der Waals surface area (Å²) in [6.07, 6.45) is 3.53. The number of carbonyl (C=O) groups excluding carboxylic acids is 2. The molecule has 0 saturated heterocycles. The molecule has 3 aliphatic rings. The predicted molar refractivity (Wildman–Crippen MR) is 121 cm³/mol. The van der Waals surface area contributed by atoms with Gasteiger partial charge in [0.25, 0.3) is 11.8 Å². The van der Waals surface area contributed by atoms with E-state index in [0.717, 1.165) is 43.4 Å². The molecule has 0 atom stereocenters. The van der Waals surface area contributed by atoms with E-state index in [1.54, 1.807) is 18.2 Å². The molecule has 2 saturated carbocycles. The summed E-state index contributed by atoms with van der Waals surface area (Å²) in [4.78, 5) is 29.3. The van der Waals surface area contributed by atoms with Crippen LogP contribution >= 0.6 is 0 Å². The third-order valence-corrected chi connectivity index (χ3v) is 6.20. The Bertz CT molecular complexity index is 1170. The normalized spacial score (nSPS) is 18.2. The first kappa shape index (κ1) is 21.4. The Morgan fingerprint density at radius 3 is 2.55 bits per heavy atom. The van der Waals surface area contributed by atoms with Crippen LogP contribution in [0, 0.1) is 11.6 Å². The van der Waals surface area contributed by atoms with E-state index in [-0.39, 0.29) is 28.6 Å². The standard InChI is InChI=1S/C24H25F2N5O2/c1-24(6-7-24)31-22(33)17-11-15(25)12-19(20(17)26)29-18-5-4-14(10-16(18)13-2-3-13)21(32)30-23-27-8-9-28-23/h4-5,10-13,29H,2-3,6-9H2,1H3,(H,31,33)(H2,27,28,30,32). The van der Waals surface area contributed by atoms with Crippen molar-refractivity contribution in [1.82, 2.24) is 16.0 Å². The molecule has 0 bridgehead atoms. The van der Waals surface area contributed by atoms with Crippen LogP contribution in [0.2, 0.25) is 0 Å². The summed E-state index contributed by atoms with van der Waals surface area (Å²) in [5, 5.41) is 11.4. The molecule has 4 N–H and O–H groups in total. The highest BCUT2D eigenvalue weighted by Gasteiger charge is 2.39. The number of halogens is 2. The zero-order valence-electron chi connectivity index (χ0n) is 18.2. The molecule has 0 unspecified atom stereocenters. The molecule has 1 aliphatic heterocycles. The van der Waals surface area contributed by atoms with Crippen molar-refractivity contribution in [2.24, 2.45) is 4.99 Å². The molecule has 1 heterocycles. The Morgan fingerprint density at radius 1 is 1.09 bits per heavy atom. The second-order valence-corrected chi connectivity index (χ2v) is 9.14. The minimum Gasteiger partial charge on any atom is -0.354 e. The molecular weight excluding hydrogens is 428 g/mol. The van der Waals surface area contributed by atoms with Crippen molar-refractivity contribution in [2.75, 3.05) is 18.4 Å². The molecule has 2 amide bonds. The van der Waals surface area contributed by atoms with Crippen molar-refractivity contribution in [3.05, 3.63) is 58.7 Å². The summed E-state index contributed by atoms with van der Waals surface area (Å²) in [5.41, 5.74) is 1.08. The maximum absolute atomic E-state index is 15.2. The monoisotopic (exact) mass is 453 g/mol. The molecule has 0 radical (unpaired) electrons. The predicted octanol–water partition coefficient (Wildman–Crippen LogP) is 3.56. The van der Waals surface area contributed by atoms with E-state index in [1.165, 1.54) is 0 Å². The molecule has 33 heavy (non-hydrogen) atoms. The van der Waals surface area contributed by atoms with E-state index in [4.69, 9.17) is 0 Å². The summed E-state index contributed by atoms with van der Waals surface area (Å²) in [6.45, 7) is 3.17. The lowest BCUT2D eigenvalue weighted by Crippen LogP contribution is -2.38. The second-order valence-electron chi connectivity index (χ2n) is 9.14. The van der Waals surface area contributed by atoms with Crippen molar-refractivity contribution >= 4 is 29.1 Å². The highest BCUT2D eigenvalue weighted by molar-refractivity contribution is 6.06. The van der Waals surface area contributed by atoms with Crippen LogP contribution in [0.4, 0.5) is 20.2 Å². The van der Waals surface area contributed by atoms with Crippen LogP contribution in [-0.2, 0) is 0 Å². The van der Waals surface area contributed by atoms with Gasteiger partial charge < -0.3 is 16.0 Å². The Morgan fingerprint density at radius 2 is 1.88 bits per heavy atom. The summed E-state index contributed by atoms with van der Waals surface area (Å²) in [5.74, 6) is -1.76. The number of nitrogens with zero attached hydrogens (tertiary/aromatic N) is 1. The van der Waals surface area contributed by atoms with Crippen molar-refractivity contribution in [3.63, 3.8) is 0 Å². The van der Waals surface area contributed by atoms with Gasteiger partial charge in [0, 0.05) is 29.4 Å². The summed E-state index contributed by atoms with van der Waals surface area (Å²) in [6, 6.07) is 7.02. The average molecular weight is 453 g/mol. The fourth-order valence-corrected chi connectivity index (χ4v) is 3.86. The Hall–Kier alpha value is -3.49. The molecule has 2 aliphatic carbocycles. The number of benzene rings is 2. The zero-order valence-corrected chi connectivity index (χ0v) is 18.2. The Kier molecular flexibility index (Phi) is 5.26. The Labute approximate surface area is 190 Å². The molecule has 172 valence electrons. The van der Waals surface area contributed by atoms with Crippen LogP contribution in [0.5, 0.6) is 0 Å². The van der Waals surface area contributed by atoms with Gasteiger partial charge in [-0.1, -0.05) is 0 Å². The minimum absolute atomic E-state index is 0.121. The number of amides is 2. The van der Waals surface area contributed by atoms with Gasteiger partial charge in [-0.25, -0.2) is 8.78 Å². The summed E-state index contributed by atoms with van der Waals surface area (Å²) in [7, 11) is 0. The molecule has 2 fully saturated rings. The molecule has 2 aromatic carbocycles. The molecular formula is C24H25F2N5O2. The van der Waals surface area contributed by atoms with Gasteiger partial charge in [-0.15, -0.1) is 0 Å². The number of hydrogen-bond donors (Lipinski definition) is 4. The van der Waals surface area contributed by atoms with Crippen molar-refractivity contribution in [3.8, 4) is 0 Å². The van der Waals surface area contributed by atoms with Gasteiger partial charge in [0.2, 0.25) is 0 Å². The van der Waals surface area contributed by atoms with Crippen molar-refractivity contribution < 1.29 is 18.4 Å². The van der Waals surface area contributed by atoms with Crippen LogP contribution < -0.4 is 21.3 Å². The van der Waals surface area contributed by atoms with Gasteiger partial charge in [-0.05, 0) is 68.4 Å². The largest absolute Gasteiger partial charge is 0.354 e. The summed E-state index contributed by atoms with van der Waals surface area (Å²) < 4.78 is 29.5. The van der Waals surface area contributed by atoms with E-state index < -0.39 is 17.5 Å².